The van der Waals surface area contributed by atoms with Gasteiger partial charge in [0.25, 0.3) is 0 Å². The first-order valence-corrected chi connectivity index (χ1v) is 12.2. The van der Waals surface area contributed by atoms with Crippen LogP contribution in [0.3, 0.4) is 0 Å². The molecule has 35 heavy (non-hydrogen) atoms. The van der Waals surface area contributed by atoms with Crippen molar-refractivity contribution in [2.24, 2.45) is 5.92 Å². The fourth-order valence-corrected chi connectivity index (χ4v) is 4.59. The number of hydrogen-bond donors (Lipinski definition) is 0. The summed E-state index contributed by atoms with van der Waals surface area (Å²) >= 11 is 5.28. The molecule has 1 aliphatic rings. The van der Waals surface area contributed by atoms with Crippen LogP contribution < -0.4 is 4.74 Å². The van der Waals surface area contributed by atoms with E-state index in [0.717, 1.165) is 18.4 Å². The molecule has 0 unspecified atom stereocenters. The molecule has 192 valence electrons. The molecular weight excluding hydrogens is 491 g/mol. The molecule has 0 heterocycles. The Bertz CT molecular complexity index is 999. The number of carbonyl (C=O) groups is 1. The van der Waals surface area contributed by atoms with Gasteiger partial charge in [-0.2, -0.15) is 8.78 Å². The number of hydrogen-bond acceptors (Lipinski definition) is 3. The Morgan fingerprint density at radius 3 is 2.23 bits per heavy atom. The molecule has 0 saturated heterocycles. The van der Waals surface area contributed by atoms with E-state index in [0.29, 0.717) is 30.5 Å². The first-order valence-electron chi connectivity index (χ1n) is 11.7. The Balaban J connectivity index is 1.60. The van der Waals surface area contributed by atoms with Crippen LogP contribution in [0.25, 0.3) is 0 Å². The van der Waals surface area contributed by atoms with Crippen LogP contribution in [0.5, 0.6) is 5.75 Å². The Hall–Kier alpha value is -2.35. The molecule has 1 fully saturated rings. The Kier molecular flexibility index (Phi) is 9.39. The van der Waals surface area contributed by atoms with E-state index < -0.39 is 46.8 Å². The molecule has 1 saturated carbocycles. The molecule has 0 atom stereocenters. The summed E-state index contributed by atoms with van der Waals surface area (Å²) < 4.78 is 82.3. The lowest BCUT2D eigenvalue weighted by atomic mass is 9.78. The summed E-state index contributed by atoms with van der Waals surface area (Å²) in [6.07, 6.45) is -1.36. The summed E-state index contributed by atoms with van der Waals surface area (Å²) in [5.41, 5.74) is 1.03. The molecule has 0 bridgehead atoms. The summed E-state index contributed by atoms with van der Waals surface area (Å²) in [5, 5.41) is 0. The van der Waals surface area contributed by atoms with Crippen molar-refractivity contribution in [3.8, 4) is 5.75 Å². The van der Waals surface area contributed by atoms with Gasteiger partial charge in [-0.1, -0.05) is 25.5 Å². The lowest BCUT2D eigenvalue weighted by Gasteiger charge is -2.33. The molecule has 0 radical (unpaired) electrons. The number of aryl methyl sites for hydroxylation is 1. The zero-order valence-corrected chi connectivity index (χ0v) is 20.2. The first kappa shape index (κ1) is 27.2. The van der Waals surface area contributed by atoms with E-state index in [4.69, 9.17) is 16.3 Å². The predicted octanol–water partition coefficient (Wildman–Crippen LogP) is 7.33. The van der Waals surface area contributed by atoms with Gasteiger partial charge in [-0.25, -0.2) is 13.2 Å². The van der Waals surface area contributed by atoms with Gasteiger partial charge in [0.2, 0.25) is 0 Å². The highest BCUT2D eigenvalue weighted by molar-refractivity contribution is 6.26. The molecule has 3 rings (SSSR count). The molecule has 0 spiro atoms. The quantitative estimate of drug-likeness (QED) is 0.188. The Labute approximate surface area is 206 Å². The lowest BCUT2D eigenvalue weighted by molar-refractivity contribution is -0.222. The number of alkyl halides is 3. The standard InChI is InChI=1S/C26H28ClF5O3/c1-2-3-16-4-9-20(22(28)12-16)17-5-7-18(8-6-17)26(31,32)35-19-13-23(29)21(24(30)14-19)10-11-34-25(33)15-27/h4,9,12-14,17-18H,2-3,5-8,10-11,15H2,1H3. The lowest BCUT2D eigenvalue weighted by Crippen LogP contribution is -2.37. The molecular formula is C26H28ClF5O3. The maximum atomic E-state index is 14.8. The number of esters is 1. The molecule has 0 aliphatic heterocycles. The Morgan fingerprint density at radius 1 is 1.00 bits per heavy atom. The van der Waals surface area contributed by atoms with Crippen LogP contribution in [0.15, 0.2) is 30.3 Å². The Morgan fingerprint density at radius 2 is 1.66 bits per heavy atom. The van der Waals surface area contributed by atoms with Gasteiger partial charge in [-0.3, -0.25) is 4.79 Å². The zero-order chi connectivity index (χ0) is 25.6. The van der Waals surface area contributed by atoms with Crippen LogP contribution in [0, 0.1) is 23.4 Å². The second kappa shape index (κ2) is 12.1. The monoisotopic (exact) mass is 518 g/mol. The minimum atomic E-state index is -3.65. The number of halogens is 6. The molecule has 1 aliphatic carbocycles. The van der Waals surface area contributed by atoms with Crippen molar-refractivity contribution >= 4 is 17.6 Å². The molecule has 9 heteroatoms. The van der Waals surface area contributed by atoms with Crippen LogP contribution in [0.2, 0.25) is 0 Å². The topological polar surface area (TPSA) is 35.5 Å². The maximum Gasteiger partial charge on any atom is 0.400 e. The molecule has 2 aromatic carbocycles. The molecule has 0 amide bonds. The van der Waals surface area contributed by atoms with Gasteiger partial charge < -0.3 is 9.47 Å². The van der Waals surface area contributed by atoms with Gasteiger partial charge in [0.15, 0.2) is 0 Å². The summed E-state index contributed by atoms with van der Waals surface area (Å²) in [4.78, 5) is 11.0. The molecule has 2 aromatic rings. The summed E-state index contributed by atoms with van der Waals surface area (Å²) in [7, 11) is 0. The summed E-state index contributed by atoms with van der Waals surface area (Å²) in [5.74, 6) is -5.57. The van der Waals surface area contributed by atoms with Gasteiger partial charge in [0, 0.05) is 24.1 Å². The van der Waals surface area contributed by atoms with Crippen molar-refractivity contribution in [1.29, 1.82) is 0 Å². The van der Waals surface area contributed by atoms with Gasteiger partial charge in [0.1, 0.15) is 29.1 Å². The number of carbonyl (C=O) groups excluding carboxylic acids is 1. The highest BCUT2D eigenvalue weighted by atomic mass is 35.5. The number of ether oxygens (including phenoxy) is 2. The third-order valence-electron chi connectivity index (χ3n) is 6.34. The number of rotatable bonds is 10. The minimum absolute atomic E-state index is 0.0861. The van der Waals surface area contributed by atoms with Crippen molar-refractivity contribution in [1.82, 2.24) is 0 Å². The molecule has 0 N–H and O–H groups in total. The van der Waals surface area contributed by atoms with Gasteiger partial charge >= 0.3 is 12.1 Å². The van der Waals surface area contributed by atoms with Crippen molar-refractivity contribution in [2.75, 3.05) is 12.5 Å². The fraction of sp³-hybridized carbons (Fsp3) is 0.500. The van der Waals surface area contributed by atoms with Gasteiger partial charge in [0.05, 0.1) is 12.5 Å². The number of benzene rings is 2. The van der Waals surface area contributed by atoms with E-state index in [9.17, 15) is 26.7 Å². The zero-order valence-electron chi connectivity index (χ0n) is 19.4. The second-order valence-electron chi connectivity index (χ2n) is 8.79. The van der Waals surface area contributed by atoms with Crippen LogP contribution in [0.4, 0.5) is 22.0 Å². The minimum Gasteiger partial charge on any atom is -0.464 e. The average Bonchev–Trinajstić information content (AvgIpc) is 2.81. The summed E-state index contributed by atoms with van der Waals surface area (Å²) in [6.45, 7) is 1.70. The highest BCUT2D eigenvalue weighted by Gasteiger charge is 2.44. The van der Waals surface area contributed by atoms with E-state index >= 15 is 0 Å². The van der Waals surface area contributed by atoms with Crippen LogP contribution in [0.1, 0.15) is 61.6 Å². The van der Waals surface area contributed by atoms with Gasteiger partial charge in [-0.05, 0) is 55.2 Å². The normalized spacial score (nSPS) is 18.4. The average molecular weight is 519 g/mol. The fourth-order valence-electron chi connectivity index (χ4n) is 4.51. The van der Waals surface area contributed by atoms with E-state index in [1.54, 1.807) is 6.07 Å². The highest BCUT2D eigenvalue weighted by Crippen LogP contribution is 2.44. The molecule has 3 nitrogen and oxygen atoms in total. The van der Waals surface area contributed by atoms with Crippen LogP contribution >= 0.6 is 11.6 Å². The first-order chi connectivity index (χ1) is 16.6. The van der Waals surface area contributed by atoms with Crippen LogP contribution in [-0.2, 0) is 22.4 Å². The van der Waals surface area contributed by atoms with E-state index in [-0.39, 0.29) is 37.6 Å². The third kappa shape index (κ3) is 7.09. The van der Waals surface area contributed by atoms with Crippen LogP contribution in [-0.4, -0.2) is 24.6 Å². The second-order valence-corrected chi connectivity index (χ2v) is 9.06. The van der Waals surface area contributed by atoms with Gasteiger partial charge in [-0.15, -0.1) is 11.6 Å². The molecule has 0 aromatic heterocycles. The summed E-state index contributed by atoms with van der Waals surface area (Å²) in [6, 6.07) is 6.50. The maximum absolute atomic E-state index is 14.8. The van der Waals surface area contributed by atoms with Crippen molar-refractivity contribution < 1.29 is 36.2 Å². The van der Waals surface area contributed by atoms with Crippen molar-refractivity contribution in [2.45, 2.75) is 63.9 Å². The van der Waals surface area contributed by atoms with E-state index in [1.165, 1.54) is 6.07 Å². The largest absolute Gasteiger partial charge is 0.464 e. The van der Waals surface area contributed by atoms with E-state index in [1.807, 2.05) is 13.0 Å². The van der Waals surface area contributed by atoms with E-state index in [2.05, 4.69) is 4.74 Å². The SMILES string of the molecule is CCCc1ccc(C2CCC(C(F)(F)Oc3cc(F)c(CCOC(=O)CCl)c(F)c3)CC2)c(F)c1. The van der Waals surface area contributed by atoms with Crippen molar-refractivity contribution in [3.63, 3.8) is 0 Å². The predicted molar refractivity (Wildman–Crippen MR) is 122 cm³/mol. The smallest absolute Gasteiger partial charge is 0.400 e. The third-order valence-corrected chi connectivity index (χ3v) is 6.56. The van der Waals surface area contributed by atoms with Crippen molar-refractivity contribution in [3.05, 3.63) is 64.5 Å².